The number of rotatable bonds is 8. The number of allylic oxidation sites excluding steroid dienone is 2. The monoisotopic (exact) mass is 662 g/mol. The molecule has 4 N–H and O–H groups in total. The van der Waals surface area contributed by atoms with E-state index in [1.807, 2.05) is 35.5 Å². The molecule has 9 rings (SSSR count). The van der Waals surface area contributed by atoms with Crippen molar-refractivity contribution in [3.05, 3.63) is 108 Å². The van der Waals surface area contributed by atoms with E-state index < -0.39 is 0 Å². The van der Waals surface area contributed by atoms with Crippen molar-refractivity contribution in [3.8, 4) is 0 Å². The normalized spacial score (nSPS) is 19.1. The number of hydrogen-bond donors (Lipinski definition) is 4. The first kappa shape index (κ1) is 30.4. The van der Waals surface area contributed by atoms with Crippen LogP contribution in [0, 0.1) is 0 Å². The third kappa shape index (κ3) is 6.06. The first-order chi connectivity index (χ1) is 24.7. The van der Waals surface area contributed by atoms with E-state index in [1.165, 1.54) is 69.0 Å². The van der Waals surface area contributed by atoms with Gasteiger partial charge in [0.25, 0.3) is 0 Å². The molecule has 1 saturated carbocycles. The van der Waals surface area contributed by atoms with Gasteiger partial charge in [0.15, 0.2) is 0 Å². The maximum Gasteiger partial charge on any atom is 0.239 e. The Morgan fingerprint density at radius 1 is 0.680 bits per heavy atom. The van der Waals surface area contributed by atoms with Gasteiger partial charge in [0, 0.05) is 48.0 Å². The lowest BCUT2D eigenvalue weighted by Crippen LogP contribution is -2.40. The fraction of sp³-hybridized carbons (Fsp3) is 0.300. The minimum absolute atomic E-state index is 0.556. The van der Waals surface area contributed by atoms with Crippen molar-refractivity contribution >= 4 is 58.4 Å². The first-order valence-electron chi connectivity index (χ1n) is 18.1. The molecular weight excluding hydrogens is 621 g/mol. The Bertz CT molecular complexity index is 2050. The van der Waals surface area contributed by atoms with Crippen molar-refractivity contribution in [1.29, 1.82) is 0 Å². The van der Waals surface area contributed by atoms with Crippen molar-refractivity contribution in [3.63, 3.8) is 0 Å². The molecule has 1 saturated heterocycles. The second-order valence-electron chi connectivity index (χ2n) is 13.7. The highest BCUT2D eigenvalue weighted by Gasteiger charge is 2.32. The Labute approximate surface area is 292 Å². The van der Waals surface area contributed by atoms with Crippen LogP contribution < -0.4 is 15.5 Å². The summed E-state index contributed by atoms with van der Waals surface area (Å²) in [6.45, 7) is 2.16. The van der Waals surface area contributed by atoms with Crippen LogP contribution in [0.25, 0.3) is 5.70 Å². The van der Waals surface area contributed by atoms with E-state index in [2.05, 4.69) is 90.1 Å². The van der Waals surface area contributed by atoms with Crippen LogP contribution in [-0.4, -0.2) is 51.9 Å². The molecule has 2 fully saturated rings. The van der Waals surface area contributed by atoms with E-state index >= 15 is 0 Å². The molecule has 0 spiro atoms. The standard InChI is InChI=1S/C40H42N10/c1-2-5-11-27(10-4-1)28-14-16-31(33(22-28)45-37-12-8-18-41-37)35-24-30-25-36(48-40-44-26-43-39(47-35)50(30)40)32-17-15-29(49-20-6-3-7-21-49)23-34(32)46-38-13-9-19-42-38/h8-9,12-19,22-27,41-42,45-46H,1-7,10-11,20-21H2. The fourth-order valence-corrected chi connectivity index (χ4v) is 7.80. The molecule has 10 nitrogen and oxygen atoms in total. The van der Waals surface area contributed by atoms with Crippen molar-refractivity contribution in [2.24, 2.45) is 20.0 Å². The van der Waals surface area contributed by atoms with Crippen LogP contribution in [0.3, 0.4) is 0 Å². The van der Waals surface area contributed by atoms with Crippen molar-refractivity contribution in [1.82, 2.24) is 14.9 Å². The van der Waals surface area contributed by atoms with Gasteiger partial charge in [-0.3, -0.25) is 0 Å². The quantitative estimate of drug-likeness (QED) is 0.141. The Hall–Kier alpha value is -5.64. The largest absolute Gasteiger partial charge is 0.371 e. The molecule has 10 heteroatoms. The van der Waals surface area contributed by atoms with Gasteiger partial charge >= 0.3 is 0 Å². The van der Waals surface area contributed by atoms with Gasteiger partial charge in [-0.15, -0.1) is 0 Å². The highest BCUT2D eigenvalue weighted by Crippen LogP contribution is 2.38. The van der Waals surface area contributed by atoms with Gasteiger partial charge in [0.05, 0.1) is 22.8 Å². The SMILES string of the molecule is C1=NC2=NC(c3ccc(N4CCCCC4)cc3Nc3ccc[nH]3)=CC3=CC(c4ccc(C5CCCCCC5)cc4Nc4ccc[nH]4)=NC(=N1)N32. The zero-order chi connectivity index (χ0) is 33.3. The van der Waals surface area contributed by atoms with Crippen LogP contribution in [0.15, 0.2) is 111 Å². The lowest BCUT2D eigenvalue weighted by molar-refractivity contribution is 0.578. The molecule has 0 unspecified atom stereocenters. The smallest absolute Gasteiger partial charge is 0.239 e. The third-order valence-corrected chi connectivity index (χ3v) is 10.4. The minimum atomic E-state index is 0.556. The fourth-order valence-electron chi connectivity index (χ4n) is 7.80. The van der Waals surface area contributed by atoms with Gasteiger partial charge in [-0.05, 0) is 104 Å². The number of aliphatic imine (C=N–C) groups is 4. The third-order valence-electron chi connectivity index (χ3n) is 10.4. The highest BCUT2D eigenvalue weighted by atomic mass is 15.4. The van der Waals surface area contributed by atoms with Crippen LogP contribution in [0.5, 0.6) is 0 Å². The molecular formula is C40H42N10. The molecule has 4 aliphatic heterocycles. The molecule has 50 heavy (non-hydrogen) atoms. The predicted octanol–water partition coefficient (Wildman–Crippen LogP) is 9.06. The van der Waals surface area contributed by atoms with Gasteiger partial charge in [-0.25, -0.2) is 24.9 Å². The Morgan fingerprint density at radius 2 is 1.40 bits per heavy atom. The molecule has 252 valence electrons. The van der Waals surface area contributed by atoms with Crippen LogP contribution in [0.1, 0.15) is 80.4 Å². The Morgan fingerprint density at radius 3 is 2.14 bits per heavy atom. The van der Waals surface area contributed by atoms with Gasteiger partial charge in [0.2, 0.25) is 11.9 Å². The highest BCUT2D eigenvalue weighted by molar-refractivity contribution is 6.24. The van der Waals surface area contributed by atoms with Crippen LogP contribution >= 0.6 is 0 Å². The molecule has 0 amide bonds. The first-order valence-corrected chi connectivity index (χ1v) is 18.1. The molecule has 2 aromatic heterocycles. The summed E-state index contributed by atoms with van der Waals surface area (Å²) in [4.78, 5) is 30.4. The second kappa shape index (κ2) is 13.3. The van der Waals surface area contributed by atoms with E-state index in [-0.39, 0.29) is 0 Å². The number of aromatic amines is 2. The van der Waals surface area contributed by atoms with Gasteiger partial charge in [-0.1, -0.05) is 37.8 Å². The summed E-state index contributed by atoms with van der Waals surface area (Å²) in [6, 6.07) is 21.6. The maximum atomic E-state index is 5.07. The summed E-state index contributed by atoms with van der Waals surface area (Å²) in [5.74, 6) is 3.57. The summed E-state index contributed by atoms with van der Waals surface area (Å²) in [6.07, 6.45) is 21.2. The molecule has 2 aromatic carbocycles. The van der Waals surface area contributed by atoms with E-state index in [4.69, 9.17) is 9.98 Å². The molecule has 0 radical (unpaired) electrons. The zero-order valence-corrected chi connectivity index (χ0v) is 28.2. The summed E-state index contributed by atoms with van der Waals surface area (Å²) in [5.41, 5.74) is 9.25. The summed E-state index contributed by atoms with van der Waals surface area (Å²) in [5, 5.41) is 7.30. The van der Waals surface area contributed by atoms with E-state index in [0.29, 0.717) is 17.8 Å². The number of nitrogens with zero attached hydrogens (tertiary/aromatic N) is 6. The number of guanidine groups is 2. The molecule has 1 aliphatic carbocycles. The Balaban J connectivity index is 1.11. The van der Waals surface area contributed by atoms with Gasteiger partial charge in [0.1, 0.15) is 18.0 Å². The van der Waals surface area contributed by atoms with E-state index in [0.717, 1.165) is 64.3 Å². The summed E-state index contributed by atoms with van der Waals surface area (Å²) in [7, 11) is 0. The molecule has 0 atom stereocenters. The number of hydrogen-bond acceptors (Lipinski definition) is 8. The Kier molecular flexibility index (Phi) is 8.12. The molecule has 4 aromatic rings. The van der Waals surface area contributed by atoms with Crippen molar-refractivity contribution in [2.45, 2.75) is 63.7 Å². The summed E-state index contributed by atoms with van der Waals surface area (Å²) < 4.78 is 0. The molecule has 6 heterocycles. The lowest BCUT2D eigenvalue weighted by atomic mass is 9.89. The topological polar surface area (TPSA) is 112 Å². The number of H-pyrrole nitrogens is 2. The van der Waals surface area contributed by atoms with Crippen LogP contribution in [0.4, 0.5) is 28.7 Å². The molecule has 0 bridgehead atoms. The minimum Gasteiger partial charge on any atom is -0.371 e. The van der Waals surface area contributed by atoms with Gasteiger partial charge < -0.3 is 25.5 Å². The van der Waals surface area contributed by atoms with Crippen molar-refractivity contribution in [2.75, 3.05) is 28.6 Å². The number of anilines is 5. The maximum absolute atomic E-state index is 5.07. The van der Waals surface area contributed by atoms with E-state index in [1.54, 1.807) is 6.34 Å². The molecule has 5 aliphatic rings. The van der Waals surface area contributed by atoms with Gasteiger partial charge in [-0.2, -0.15) is 0 Å². The number of nitrogens with one attached hydrogen (secondary N) is 4. The number of piperidine rings is 1. The number of aromatic nitrogens is 2. The summed E-state index contributed by atoms with van der Waals surface area (Å²) >= 11 is 0. The van der Waals surface area contributed by atoms with Crippen LogP contribution in [-0.2, 0) is 0 Å². The lowest BCUT2D eigenvalue weighted by Gasteiger charge is -2.32. The predicted molar refractivity (Wildman–Crippen MR) is 205 cm³/mol. The van der Waals surface area contributed by atoms with Crippen molar-refractivity contribution < 1.29 is 0 Å². The van der Waals surface area contributed by atoms with Crippen LogP contribution in [0.2, 0.25) is 0 Å². The average molecular weight is 663 g/mol. The zero-order valence-electron chi connectivity index (χ0n) is 28.2. The average Bonchev–Trinajstić information content (AvgIpc) is 3.80. The number of benzene rings is 2. The second-order valence-corrected chi connectivity index (χ2v) is 13.7. The van der Waals surface area contributed by atoms with E-state index in [9.17, 15) is 0 Å².